The van der Waals surface area contributed by atoms with Crippen molar-refractivity contribution in [3.8, 4) is 11.4 Å². The molecule has 7 heteroatoms. The van der Waals surface area contributed by atoms with Crippen LogP contribution in [0.15, 0.2) is 43.2 Å². The van der Waals surface area contributed by atoms with E-state index >= 15 is 0 Å². The molecule has 0 spiro atoms. The van der Waals surface area contributed by atoms with E-state index in [0.29, 0.717) is 17.9 Å². The third-order valence-corrected chi connectivity index (χ3v) is 3.90. The molecule has 0 fully saturated rings. The standard InChI is InChI=1S/C13H16N4O2S/c1-3-4-8-20(18,19)16-12-7-5-6-11(9-12)13-14-10-17(2)15-13/h3,5-7,9-10,16H,1,4,8H2,2H3. The molecular weight excluding hydrogens is 276 g/mol. The molecule has 0 atom stereocenters. The highest BCUT2D eigenvalue weighted by Crippen LogP contribution is 2.19. The summed E-state index contributed by atoms with van der Waals surface area (Å²) in [4.78, 5) is 4.13. The average molecular weight is 292 g/mol. The van der Waals surface area contributed by atoms with Crippen LogP contribution in [0, 0.1) is 0 Å². The topological polar surface area (TPSA) is 76.9 Å². The highest BCUT2D eigenvalue weighted by Gasteiger charge is 2.10. The molecule has 1 heterocycles. The van der Waals surface area contributed by atoms with Crippen LogP contribution >= 0.6 is 0 Å². The molecule has 106 valence electrons. The van der Waals surface area contributed by atoms with E-state index < -0.39 is 10.0 Å². The number of rotatable bonds is 6. The van der Waals surface area contributed by atoms with Gasteiger partial charge in [0, 0.05) is 18.3 Å². The Morgan fingerprint density at radius 2 is 2.25 bits per heavy atom. The van der Waals surface area contributed by atoms with Gasteiger partial charge in [-0.1, -0.05) is 18.2 Å². The first-order valence-electron chi connectivity index (χ1n) is 6.07. The predicted octanol–water partition coefficient (Wildman–Crippen LogP) is 1.80. The minimum absolute atomic E-state index is 0.0164. The Labute approximate surface area is 118 Å². The molecule has 0 amide bonds. The zero-order chi connectivity index (χ0) is 14.6. The Balaban J connectivity index is 2.20. The van der Waals surface area contributed by atoms with Gasteiger partial charge in [0.05, 0.1) is 5.75 Å². The number of aromatic nitrogens is 3. The number of anilines is 1. The van der Waals surface area contributed by atoms with E-state index in [9.17, 15) is 8.42 Å². The van der Waals surface area contributed by atoms with Crippen LogP contribution < -0.4 is 4.72 Å². The second-order valence-corrected chi connectivity index (χ2v) is 6.16. The monoisotopic (exact) mass is 292 g/mol. The summed E-state index contributed by atoms with van der Waals surface area (Å²) in [5.74, 6) is 0.572. The van der Waals surface area contributed by atoms with Crippen molar-refractivity contribution >= 4 is 15.7 Å². The van der Waals surface area contributed by atoms with Crippen molar-refractivity contribution in [2.45, 2.75) is 6.42 Å². The zero-order valence-electron chi connectivity index (χ0n) is 11.2. The van der Waals surface area contributed by atoms with Gasteiger partial charge in [-0.25, -0.2) is 13.4 Å². The number of nitrogens with zero attached hydrogens (tertiary/aromatic N) is 3. The number of hydrogen-bond acceptors (Lipinski definition) is 4. The molecule has 1 N–H and O–H groups in total. The largest absolute Gasteiger partial charge is 0.284 e. The minimum atomic E-state index is -3.36. The molecule has 0 aliphatic rings. The van der Waals surface area contributed by atoms with Gasteiger partial charge in [-0.2, -0.15) is 5.10 Å². The highest BCUT2D eigenvalue weighted by atomic mass is 32.2. The molecule has 20 heavy (non-hydrogen) atoms. The SMILES string of the molecule is C=CCCS(=O)(=O)Nc1cccc(-c2ncn(C)n2)c1. The van der Waals surface area contributed by atoms with E-state index in [-0.39, 0.29) is 5.75 Å². The predicted molar refractivity (Wildman–Crippen MR) is 78.7 cm³/mol. The molecule has 2 rings (SSSR count). The highest BCUT2D eigenvalue weighted by molar-refractivity contribution is 7.92. The lowest BCUT2D eigenvalue weighted by Gasteiger charge is -2.07. The number of nitrogens with one attached hydrogen (secondary N) is 1. The van der Waals surface area contributed by atoms with Crippen molar-refractivity contribution in [2.75, 3.05) is 10.5 Å². The summed E-state index contributed by atoms with van der Waals surface area (Å²) in [5, 5.41) is 4.18. The van der Waals surface area contributed by atoms with E-state index in [1.54, 1.807) is 42.3 Å². The molecule has 2 aromatic rings. The first kappa shape index (κ1) is 14.3. The van der Waals surface area contributed by atoms with E-state index in [4.69, 9.17) is 0 Å². The molecule has 0 unspecified atom stereocenters. The van der Waals surface area contributed by atoms with Crippen LogP contribution in [0.3, 0.4) is 0 Å². The van der Waals surface area contributed by atoms with Crippen LogP contribution in [-0.2, 0) is 17.1 Å². The lowest BCUT2D eigenvalue weighted by molar-refractivity contribution is 0.601. The maximum atomic E-state index is 11.8. The minimum Gasteiger partial charge on any atom is -0.284 e. The van der Waals surface area contributed by atoms with Gasteiger partial charge in [0.25, 0.3) is 0 Å². The molecule has 0 radical (unpaired) electrons. The van der Waals surface area contributed by atoms with Crippen LogP contribution in [0.25, 0.3) is 11.4 Å². The summed E-state index contributed by atoms with van der Waals surface area (Å²) in [6.45, 7) is 3.52. The summed E-state index contributed by atoms with van der Waals surface area (Å²) in [7, 11) is -1.58. The summed E-state index contributed by atoms with van der Waals surface area (Å²) in [6, 6.07) is 6.99. The average Bonchev–Trinajstić information content (AvgIpc) is 2.83. The van der Waals surface area contributed by atoms with Crippen molar-refractivity contribution < 1.29 is 8.42 Å². The van der Waals surface area contributed by atoms with Gasteiger partial charge >= 0.3 is 0 Å². The first-order valence-corrected chi connectivity index (χ1v) is 7.73. The summed E-state index contributed by atoms with van der Waals surface area (Å²) >= 11 is 0. The van der Waals surface area contributed by atoms with Gasteiger partial charge in [-0.15, -0.1) is 6.58 Å². The normalized spacial score (nSPS) is 11.2. The van der Waals surface area contributed by atoms with Crippen LogP contribution in [-0.4, -0.2) is 28.9 Å². The molecular formula is C13H16N4O2S. The Hall–Kier alpha value is -2.15. The van der Waals surface area contributed by atoms with Crippen molar-refractivity contribution in [3.63, 3.8) is 0 Å². The molecule has 6 nitrogen and oxygen atoms in total. The Morgan fingerprint density at radius 3 is 2.90 bits per heavy atom. The number of hydrogen-bond donors (Lipinski definition) is 1. The summed E-state index contributed by atoms with van der Waals surface area (Å²) < 4.78 is 27.8. The van der Waals surface area contributed by atoms with Crippen molar-refractivity contribution in [1.82, 2.24) is 14.8 Å². The van der Waals surface area contributed by atoms with E-state index in [2.05, 4.69) is 21.4 Å². The zero-order valence-corrected chi connectivity index (χ0v) is 12.0. The number of benzene rings is 1. The van der Waals surface area contributed by atoms with Crippen LogP contribution in [0.2, 0.25) is 0 Å². The third kappa shape index (κ3) is 3.67. The van der Waals surface area contributed by atoms with E-state index in [1.807, 2.05) is 6.07 Å². The van der Waals surface area contributed by atoms with E-state index in [0.717, 1.165) is 5.56 Å². The molecule has 0 saturated carbocycles. The molecule has 0 aliphatic carbocycles. The summed E-state index contributed by atoms with van der Waals surface area (Å²) in [6.07, 6.45) is 3.58. The van der Waals surface area contributed by atoms with E-state index in [1.165, 1.54) is 0 Å². The van der Waals surface area contributed by atoms with Crippen molar-refractivity contribution in [2.24, 2.45) is 7.05 Å². The fourth-order valence-electron chi connectivity index (χ4n) is 1.66. The molecule has 1 aromatic carbocycles. The quantitative estimate of drug-likeness (QED) is 0.824. The van der Waals surface area contributed by atoms with Crippen molar-refractivity contribution in [1.29, 1.82) is 0 Å². The van der Waals surface area contributed by atoms with Crippen LogP contribution in [0.5, 0.6) is 0 Å². The molecule has 0 bridgehead atoms. The van der Waals surface area contributed by atoms with Gasteiger partial charge in [0.2, 0.25) is 10.0 Å². The van der Waals surface area contributed by atoms with Crippen molar-refractivity contribution in [3.05, 3.63) is 43.2 Å². The smallest absolute Gasteiger partial charge is 0.233 e. The second kappa shape index (κ2) is 5.87. The van der Waals surface area contributed by atoms with Gasteiger partial charge in [-0.3, -0.25) is 9.40 Å². The molecule has 1 aromatic heterocycles. The second-order valence-electron chi connectivity index (χ2n) is 4.32. The number of allylic oxidation sites excluding steroid dienone is 1. The number of aryl methyl sites for hydroxylation is 1. The van der Waals surface area contributed by atoms with Crippen LogP contribution in [0.4, 0.5) is 5.69 Å². The van der Waals surface area contributed by atoms with Gasteiger partial charge in [0.15, 0.2) is 5.82 Å². The fraction of sp³-hybridized carbons (Fsp3) is 0.231. The first-order chi connectivity index (χ1) is 9.50. The molecule has 0 aliphatic heterocycles. The Bertz CT molecular complexity index is 707. The lowest BCUT2D eigenvalue weighted by Crippen LogP contribution is -2.16. The maximum absolute atomic E-state index is 11.8. The summed E-state index contributed by atoms with van der Waals surface area (Å²) in [5.41, 5.74) is 1.26. The lowest BCUT2D eigenvalue weighted by atomic mass is 10.2. The van der Waals surface area contributed by atoms with Crippen LogP contribution in [0.1, 0.15) is 6.42 Å². The van der Waals surface area contributed by atoms with Gasteiger partial charge in [0.1, 0.15) is 6.33 Å². The maximum Gasteiger partial charge on any atom is 0.233 e. The Morgan fingerprint density at radius 1 is 1.45 bits per heavy atom. The Kier molecular flexibility index (Phi) is 4.19. The number of sulfonamides is 1. The van der Waals surface area contributed by atoms with Gasteiger partial charge in [-0.05, 0) is 18.6 Å². The third-order valence-electron chi connectivity index (χ3n) is 2.58. The fourth-order valence-corrected chi connectivity index (χ4v) is 2.73. The van der Waals surface area contributed by atoms with Gasteiger partial charge < -0.3 is 0 Å². The molecule has 0 saturated heterocycles.